The van der Waals surface area contributed by atoms with E-state index in [2.05, 4.69) is 37.6 Å². The molecular formula is C16H31N3O2. The lowest BCUT2D eigenvalue weighted by atomic mass is 9.89. The lowest BCUT2D eigenvalue weighted by Crippen LogP contribution is -2.53. The van der Waals surface area contributed by atoms with Crippen molar-refractivity contribution in [1.29, 1.82) is 0 Å². The van der Waals surface area contributed by atoms with Crippen molar-refractivity contribution in [3.8, 4) is 0 Å². The Bertz CT molecular complexity index is 359. The van der Waals surface area contributed by atoms with Crippen molar-refractivity contribution >= 4 is 5.91 Å². The minimum absolute atomic E-state index is 0.0820. The lowest BCUT2D eigenvalue weighted by Gasteiger charge is -2.38. The third-order valence-corrected chi connectivity index (χ3v) is 4.86. The molecule has 5 heteroatoms. The fourth-order valence-corrected chi connectivity index (χ4v) is 3.06. The van der Waals surface area contributed by atoms with Gasteiger partial charge >= 0.3 is 0 Å². The number of nitrogens with zero attached hydrogens (tertiary/aromatic N) is 3. The Hall–Kier alpha value is -0.650. The molecule has 2 heterocycles. The van der Waals surface area contributed by atoms with Gasteiger partial charge in [-0.2, -0.15) is 0 Å². The summed E-state index contributed by atoms with van der Waals surface area (Å²) in [6.45, 7) is 12.2. The zero-order valence-corrected chi connectivity index (χ0v) is 14.0. The van der Waals surface area contributed by atoms with E-state index in [0.717, 1.165) is 45.7 Å². The Morgan fingerprint density at radius 3 is 2.29 bits per heavy atom. The molecule has 0 radical (unpaired) electrons. The van der Waals surface area contributed by atoms with E-state index in [4.69, 9.17) is 0 Å². The van der Waals surface area contributed by atoms with Gasteiger partial charge in [0.2, 0.25) is 5.91 Å². The first kappa shape index (κ1) is 16.7. The summed E-state index contributed by atoms with van der Waals surface area (Å²) in [5, 5.41) is 10.2. The van der Waals surface area contributed by atoms with E-state index in [9.17, 15) is 9.90 Å². The number of rotatable bonds is 3. The van der Waals surface area contributed by atoms with Gasteiger partial charge in [0.15, 0.2) is 0 Å². The molecule has 2 aliphatic heterocycles. The van der Waals surface area contributed by atoms with Crippen molar-refractivity contribution in [3.63, 3.8) is 0 Å². The van der Waals surface area contributed by atoms with Gasteiger partial charge in [0, 0.05) is 39.3 Å². The molecule has 2 saturated heterocycles. The normalized spacial score (nSPS) is 27.1. The van der Waals surface area contributed by atoms with Crippen molar-refractivity contribution < 1.29 is 9.90 Å². The maximum atomic E-state index is 12.5. The lowest BCUT2D eigenvalue weighted by molar-refractivity contribution is -0.137. The van der Waals surface area contributed by atoms with E-state index in [0.29, 0.717) is 12.5 Å². The van der Waals surface area contributed by atoms with Gasteiger partial charge in [-0.05, 0) is 25.4 Å². The van der Waals surface area contributed by atoms with Gasteiger partial charge in [0.1, 0.15) is 0 Å². The van der Waals surface area contributed by atoms with E-state index < -0.39 is 0 Å². The van der Waals surface area contributed by atoms with Gasteiger partial charge in [-0.3, -0.25) is 9.69 Å². The number of hydrogen-bond acceptors (Lipinski definition) is 4. The van der Waals surface area contributed by atoms with Crippen molar-refractivity contribution in [2.24, 2.45) is 11.3 Å². The van der Waals surface area contributed by atoms with Gasteiger partial charge in [0.25, 0.3) is 0 Å². The zero-order chi connectivity index (χ0) is 15.6. The smallest absolute Gasteiger partial charge is 0.227 e. The molecule has 2 atom stereocenters. The molecule has 0 aromatic heterocycles. The summed E-state index contributed by atoms with van der Waals surface area (Å²) in [7, 11) is 2.08. The highest BCUT2D eigenvalue weighted by Crippen LogP contribution is 2.21. The largest absolute Gasteiger partial charge is 0.391 e. The minimum atomic E-state index is -0.316. The molecule has 122 valence electrons. The molecule has 0 unspecified atom stereocenters. The molecule has 0 aromatic rings. The summed E-state index contributed by atoms with van der Waals surface area (Å²) < 4.78 is 0. The maximum Gasteiger partial charge on any atom is 0.227 e. The predicted molar refractivity (Wildman–Crippen MR) is 84.1 cm³/mol. The number of amides is 1. The van der Waals surface area contributed by atoms with Crippen LogP contribution in [-0.2, 0) is 4.79 Å². The van der Waals surface area contributed by atoms with Gasteiger partial charge in [-0.15, -0.1) is 0 Å². The van der Waals surface area contributed by atoms with Crippen LogP contribution in [-0.4, -0.2) is 84.7 Å². The van der Waals surface area contributed by atoms with Crippen LogP contribution in [0.25, 0.3) is 0 Å². The number of hydrogen-bond donors (Lipinski definition) is 1. The summed E-state index contributed by atoms with van der Waals surface area (Å²) in [4.78, 5) is 19.0. The van der Waals surface area contributed by atoms with Crippen molar-refractivity contribution in [3.05, 3.63) is 0 Å². The molecule has 0 bridgehead atoms. The number of carbonyl (C=O) groups excluding carboxylic acids is 1. The molecule has 5 nitrogen and oxygen atoms in total. The molecule has 1 N–H and O–H groups in total. The summed E-state index contributed by atoms with van der Waals surface area (Å²) in [5.41, 5.74) is -0.0820. The molecule has 2 aliphatic rings. The van der Waals surface area contributed by atoms with E-state index in [-0.39, 0.29) is 17.4 Å². The van der Waals surface area contributed by atoms with Gasteiger partial charge in [0.05, 0.1) is 12.0 Å². The molecule has 0 aromatic carbocycles. The van der Waals surface area contributed by atoms with Gasteiger partial charge in [-0.1, -0.05) is 20.8 Å². The summed E-state index contributed by atoms with van der Waals surface area (Å²) in [6.07, 6.45) is 0.682. The monoisotopic (exact) mass is 297 g/mol. The second kappa shape index (κ2) is 6.63. The molecular weight excluding hydrogens is 266 g/mol. The van der Waals surface area contributed by atoms with Crippen LogP contribution in [0, 0.1) is 11.3 Å². The van der Waals surface area contributed by atoms with Crippen molar-refractivity contribution in [1.82, 2.24) is 14.7 Å². The Labute approximate surface area is 128 Å². The second-order valence-electron chi connectivity index (χ2n) is 7.76. The SMILES string of the molecule is CN1CC[C@@H](C(=O)N2CCN(C[C@H](O)C(C)(C)C)CC2)C1. The zero-order valence-electron chi connectivity index (χ0n) is 14.0. The number of aliphatic hydroxyl groups is 1. The quantitative estimate of drug-likeness (QED) is 0.823. The molecule has 0 aliphatic carbocycles. The Balaban J connectivity index is 1.77. The van der Waals surface area contributed by atoms with Crippen LogP contribution in [0.1, 0.15) is 27.2 Å². The fourth-order valence-electron chi connectivity index (χ4n) is 3.06. The van der Waals surface area contributed by atoms with E-state index in [1.54, 1.807) is 0 Å². The highest BCUT2D eigenvalue weighted by Gasteiger charge is 2.32. The van der Waals surface area contributed by atoms with E-state index in [1.807, 2.05) is 4.90 Å². The van der Waals surface area contributed by atoms with Crippen LogP contribution in [0.15, 0.2) is 0 Å². The molecule has 2 fully saturated rings. The van der Waals surface area contributed by atoms with E-state index in [1.165, 1.54) is 0 Å². The molecule has 0 saturated carbocycles. The first-order valence-corrected chi connectivity index (χ1v) is 8.15. The van der Waals surface area contributed by atoms with Gasteiger partial charge in [-0.25, -0.2) is 0 Å². The molecule has 1 amide bonds. The number of β-amino-alcohol motifs (C(OH)–C–C–N with tert-alkyl or cyclic N) is 1. The Kier molecular flexibility index (Phi) is 5.28. The highest BCUT2D eigenvalue weighted by molar-refractivity contribution is 5.79. The van der Waals surface area contributed by atoms with Crippen molar-refractivity contribution in [2.45, 2.75) is 33.3 Å². The summed E-state index contributed by atoms with van der Waals surface area (Å²) in [5.74, 6) is 0.525. The number of aliphatic hydroxyl groups excluding tert-OH is 1. The third-order valence-electron chi connectivity index (χ3n) is 4.86. The van der Waals surface area contributed by atoms with Gasteiger partial charge < -0.3 is 14.9 Å². The first-order valence-electron chi connectivity index (χ1n) is 8.15. The second-order valence-corrected chi connectivity index (χ2v) is 7.76. The van der Waals surface area contributed by atoms with Crippen molar-refractivity contribution in [2.75, 3.05) is 52.9 Å². The highest BCUT2D eigenvalue weighted by atomic mass is 16.3. The van der Waals surface area contributed by atoms with Crippen LogP contribution in [0.4, 0.5) is 0 Å². The summed E-state index contributed by atoms with van der Waals surface area (Å²) in [6, 6.07) is 0. The first-order chi connectivity index (χ1) is 9.77. The number of likely N-dealkylation sites (tertiary alicyclic amines) is 1. The predicted octanol–water partition coefficient (Wildman–Crippen LogP) is 0.489. The molecule has 2 rings (SSSR count). The Morgan fingerprint density at radius 2 is 1.81 bits per heavy atom. The standard InChI is InChI=1S/C16H31N3O2/c1-16(2,3)14(20)12-18-7-9-19(10-8-18)15(21)13-5-6-17(4)11-13/h13-14,20H,5-12H2,1-4H3/t13-,14+/m1/s1. The van der Waals surface area contributed by atoms with Crippen LogP contribution in [0.5, 0.6) is 0 Å². The number of piperazine rings is 1. The maximum absolute atomic E-state index is 12.5. The van der Waals surface area contributed by atoms with Crippen LogP contribution >= 0.6 is 0 Å². The molecule has 21 heavy (non-hydrogen) atoms. The Morgan fingerprint density at radius 1 is 1.19 bits per heavy atom. The number of carbonyl (C=O) groups is 1. The van der Waals surface area contributed by atoms with Crippen LogP contribution in [0.2, 0.25) is 0 Å². The average Bonchev–Trinajstić information content (AvgIpc) is 2.84. The average molecular weight is 297 g/mol. The molecule has 0 spiro atoms. The summed E-state index contributed by atoms with van der Waals surface area (Å²) >= 11 is 0. The van der Waals surface area contributed by atoms with Crippen LogP contribution in [0.3, 0.4) is 0 Å². The minimum Gasteiger partial charge on any atom is -0.391 e. The van der Waals surface area contributed by atoms with E-state index >= 15 is 0 Å². The fraction of sp³-hybridized carbons (Fsp3) is 0.938. The van der Waals surface area contributed by atoms with Crippen LogP contribution < -0.4 is 0 Å². The third kappa shape index (κ3) is 4.41. The topological polar surface area (TPSA) is 47.0 Å².